The molecule has 0 atom stereocenters. The van der Waals surface area contributed by atoms with Gasteiger partial charge in [-0.05, 0) is 34.9 Å². The number of carbonyl (C=O) groups is 1. The molecule has 0 radical (unpaired) electrons. The van der Waals surface area contributed by atoms with Crippen molar-refractivity contribution in [2.45, 2.75) is 13.0 Å². The number of ether oxygens (including phenoxy) is 1. The van der Waals surface area contributed by atoms with Gasteiger partial charge in [0.2, 0.25) is 0 Å². The van der Waals surface area contributed by atoms with Gasteiger partial charge in [0.15, 0.2) is 0 Å². The third-order valence-electron chi connectivity index (χ3n) is 5.64. The number of nitrogens with zero attached hydrogens (tertiary/aromatic N) is 2. The summed E-state index contributed by atoms with van der Waals surface area (Å²) in [5.41, 5.74) is 1.71. The molecule has 5 heteroatoms. The highest BCUT2D eigenvalue weighted by atomic mass is 35.5. The van der Waals surface area contributed by atoms with Gasteiger partial charge in [-0.2, -0.15) is 0 Å². The van der Waals surface area contributed by atoms with Crippen molar-refractivity contribution in [3.8, 4) is 0 Å². The van der Waals surface area contributed by atoms with Crippen molar-refractivity contribution in [1.82, 2.24) is 9.80 Å². The number of hydrogen-bond donors (Lipinski definition) is 0. The Hall–Kier alpha value is -2.40. The third-order valence-corrected chi connectivity index (χ3v) is 5.97. The SMILES string of the molecule is O=C(c1ccccc1Cl)N(CCCN1CCOCC1)Cc1cccc2ccccc12. The van der Waals surface area contributed by atoms with Gasteiger partial charge >= 0.3 is 0 Å². The molecule has 4 nitrogen and oxygen atoms in total. The zero-order chi connectivity index (χ0) is 20.8. The molecule has 1 amide bonds. The van der Waals surface area contributed by atoms with Gasteiger partial charge in [-0.3, -0.25) is 9.69 Å². The summed E-state index contributed by atoms with van der Waals surface area (Å²) in [5, 5.41) is 2.87. The maximum atomic E-state index is 13.4. The van der Waals surface area contributed by atoms with Crippen LogP contribution in [0.25, 0.3) is 10.8 Å². The highest BCUT2D eigenvalue weighted by Crippen LogP contribution is 2.23. The van der Waals surface area contributed by atoms with E-state index in [0.717, 1.165) is 44.8 Å². The van der Waals surface area contributed by atoms with Crippen LogP contribution in [0.4, 0.5) is 0 Å². The summed E-state index contributed by atoms with van der Waals surface area (Å²) in [4.78, 5) is 17.7. The van der Waals surface area contributed by atoms with E-state index in [2.05, 4.69) is 35.2 Å². The van der Waals surface area contributed by atoms with Gasteiger partial charge in [0.05, 0.1) is 23.8 Å². The van der Waals surface area contributed by atoms with Gasteiger partial charge in [0.25, 0.3) is 5.91 Å². The number of benzene rings is 3. The van der Waals surface area contributed by atoms with E-state index < -0.39 is 0 Å². The molecule has 0 saturated carbocycles. The summed E-state index contributed by atoms with van der Waals surface area (Å²) in [6.45, 7) is 5.71. The van der Waals surface area contributed by atoms with E-state index in [1.54, 1.807) is 6.07 Å². The molecule has 0 spiro atoms. The standard InChI is InChI=1S/C25H27ClN2O2/c26-24-12-4-3-11-23(24)25(29)28(14-6-13-27-15-17-30-18-16-27)19-21-9-5-8-20-7-1-2-10-22(20)21/h1-5,7-12H,6,13-19H2. The Labute approximate surface area is 183 Å². The number of morpholine rings is 1. The number of fused-ring (bicyclic) bond motifs is 1. The van der Waals surface area contributed by atoms with Crippen molar-refractivity contribution in [1.29, 1.82) is 0 Å². The normalized spacial score (nSPS) is 14.7. The van der Waals surface area contributed by atoms with Crippen LogP contribution in [-0.4, -0.2) is 55.1 Å². The first kappa shape index (κ1) is 20.9. The summed E-state index contributed by atoms with van der Waals surface area (Å²) >= 11 is 6.35. The lowest BCUT2D eigenvalue weighted by atomic mass is 10.0. The molecule has 0 aromatic heterocycles. The molecule has 1 aliphatic heterocycles. The molecule has 30 heavy (non-hydrogen) atoms. The maximum absolute atomic E-state index is 13.4. The van der Waals surface area contributed by atoms with Crippen LogP contribution >= 0.6 is 11.6 Å². The molecular weight excluding hydrogens is 396 g/mol. The monoisotopic (exact) mass is 422 g/mol. The Balaban J connectivity index is 1.54. The quantitative estimate of drug-likeness (QED) is 0.545. The lowest BCUT2D eigenvalue weighted by molar-refractivity contribution is 0.0355. The van der Waals surface area contributed by atoms with Gasteiger partial charge < -0.3 is 9.64 Å². The van der Waals surface area contributed by atoms with Crippen LogP contribution in [0, 0.1) is 0 Å². The van der Waals surface area contributed by atoms with Crippen molar-refractivity contribution < 1.29 is 9.53 Å². The minimum Gasteiger partial charge on any atom is -0.379 e. The highest BCUT2D eigenvalue weighted by Gasteiger charge is 2.20. The molecule has 1 saturated heterocycles. The van der Waals surface area contributed by atoms with Crippen LogP contribution in [0.5, 0.6) is 0 Å². The highest BCUT2D eigenvalue weighted by molar-refractivity contribution is 6.33. The summed E-state index contributed by atoms with van der Waals surface area (Å²) in [7, 11) is 0. The average molecular weight is 423 g/mol. The van der Waals surface area contributed by atoms with Crippen LogP contribution in [0.3, 0.4) is 0 Å². The fraction of sp³-hybridized carbons (Fsp3) is 0.320. The first-order valence-corrected chi connectivity index (χ1v) is 10.9. The molecular formula is C25H27ClN2O2. The number of rotatable bonds is 7. The predicted molar refractivity (Wildman–Crippen MR) is 122 cm³/mol. The van der Waals surface area contributed by atoms with E-state index in [0.29, 0.717) is 23.7 Å². The van der Waals surface area contributed by atoms with Crippen molar-refractivity contribution in [2.24, 2.45) is 0 Å². The lowest BCUT2D eigenvalue weighted by Crippen LogP contribution is -2.39. The van der Waals surface area contributed by atoms with Crippen LogP contribution in [0.15, 0.2) is 66.7 Å². The molecule has 156 valence electrons. The van der Waals surface area contributed by atoms with Crippen LogP contribution in [0.1, 0.15) is 22.3 Å². The lowest BCUT2D eigenvalue weighted by Gasteiger charge is -2.29. The molecule has 4 rings (SSSR count). The number of halogens is 1. The number of carbonyl (C=O) groups excluding carboxylic acids is 1. The second kappa shape index (κ2) is 10.1. The molecule has 1 aliphatic rings. The Kier molecular flexibility index (Phi) is 7.00. The van der Waals surface area contributed by atoms with E-state index in [4.69, 9.17) is 16.3 Å². The van der Waals surface area contributed by atoms with Gasteiger partial charge in [0.1, 0.15) is 0 Å². The first-order valence-electron chi connectivity index (χ1n) is 10.5. The number of amides is 1. The van der Waals surface area contributed by atoms with E-state index in [1.807, 2.05) is 35.2 Å². The molecule has 0 aliphatic carbocycles. The zero-order valence-corrected chi connectivity index (χ0v) is 17.9. The van der Waals surface area contributed by atoms with Crippen molar-refractivity contribution in [3.63, 3.8) is 0 Å². The van der Waals surface area contributed by atoms with Gasteiger partial charge in [-0.15, -0.1) is 0 Å². The minimum absolute atomic E-state index is 0.0180. The van der Waals surface area contributed by atoms with Gasteiger partial charge in [-0.1, -0.05) is 66.2 Å². The molecule has 0 N–H and O–H groups in total. The van der Waals surface area contributed by atoms with Crippen LogP contribution < -0.4 is 0 Å². The fourth-order valence-corrected chi connectivity index (χ4v) is 4.22. The van der Waals surface area contributed by atoms with Crippen molar-refractivity contribution in [3.05, 3.63) is 82.9 Å². The smallest absolute Gasteiger partial charge is 0.255 e. The summed E-state index contributed by atoms with van der Waals surface area (Å²) in [6.07, 6.45) is 0.918. The van der Waals surface area contributed by atoms with E-state index in [9.17, 15) is 4.79 Å². The third kappa shape index (κ3) is 5.01. The van der Waals surface area contributed by atoms with E-state index in [1.165, 1.54) is 10.8 Å². The molecule has 0 bridgehead atoms. The fourth-order valence-electron chi connectivity index (χ4n) is 4.00. The minimum atomic E-state index is -0.0180. The second-order valence-electron chi connectivity index (χ2n) is 7.65. The molecule has 3 aromatic rings. The maximum Gasteiger partial charge on any atom is 0.255 e. The Bertz CT molecular complexity index is 996. The summed E-state index contributed by atoms with van der Waals surface area (Å²) in [5.74, 6) is -0.0180. The second-order valence-corrected chi connectivity index (χ2v) is 8.06. The Morgan fingerprint density at radius 1 is 0.967 bits per heavy atom. The molecule has 3 aromatic carbocycles. The van der Waals surface area contributed by atoms with Crippen molar-refractivity contribution in [2.75, 3.05) is 39.4 Å². The summed E-state index contributed by atoms with van der Waals surface area (Å²) in [6, 6.07) is 21.9. The van der Waals surface area contributed by atoms with Crippen LogP contribution in [0.2, 0.25) is 5.02 Å². The predicted octanol–water partition coefficient (Wildman–Crippen LogP) is 4.86. The summed E-state index contributed by atoms with van der Waals surface area (Å²) < 4.78 is 5.44. The van der Waals surface area contributed by atoms with Crippen molar-refractivity contribution >= 4 is 28.3 Å². The van der Waals surface area contributed by atoms with Gasteiger partial charge in [0, 0.05) is 32.7 Å². The zero-order valence-electron chi connectivity index (χ0n) is 17.1. The first-order chi connectivity index (χ1) is 14.7. The Morgan fingerprint density at radius 2 is 1.70 bits per heavy atom. The molecule has 0 unspecified atom stereocenters. The topological polar surface area (TPSA) is 32.8 Å². The number of hydrogen-bond acceptors (Lipinski definition) is 3. The Morgan fingerprint density at radius 3 is 2.53 bits per heavy atom. The molecule has 1 fully saturated rings. The molecule has 1 heterocycles. The van der Waals surface area contributed by atoms with Crippen LogP contribution in [-0.2, 0) is 11.3 Å². The largest absolute Gasteiger partial charge is 0.379 e. The van der Waals surface area contributed by atoms with E-state index in [-0.39, 0.29) is 5.91 Å². The van der Waals surface area contributed by atoms with Gasteiger partial charge in [-0.25, -0.2) is 0 Å². The van der Waals surface area contributed by atoms with E-state index >= 15 is 0 Å². The average Bonchev–Trinajstić information content (AvgIpc) is 2.79.